The lowest BCUT2D eigenvalue weighted by atomic mass is 10.1. The van der Waals surface area contributed by atoms with Gasteiger partial charge in [0.1, 0.15) is 0 Å². The number of phosphoric ester groups is 1. The molecular weight excluding hydrogens is 635 g/mol. The highest BCUT2D eigenvalue weighted by Gasteiger charge is 2.26. The Morgan fingerprint density at radius 3 is 1.82 bits per heavy atom. The van der Waals surface area contributed by atoms with Crippen molar-refractivity contribution in [2.24, 2.45) is 5.73 Å². The van der Waals surface area contributed by atoms with Crippen LogP contribution in [0.5, 0.6) is 0 Å². The molecule has 0 spiro atoms. The Morgan fingerprint density at radius 2 is 1.20 bits per heavy atom. The van der Waals surface area contributed by atoms with Gasteiger partial charge in [-0.15, -0.1) is 0 Å². The minimum Gasteiger partial charge on any atom is -0.387 e. The van der Waals surface area contributed by atoms with Crippen molar-refractivity contribution in [1.29, 1.82) is 0 Å². The number of rotatable bonds is 34. The molecule has 9 heteroatoms. The Kier molecular flexibility index (Phi) is 34.3. The molecule has 1 amide bonds. The zero-order valence-corrected chi connectivity index (χ0v) is 31.8. The molecule has 3 atom stereocenters. The van der Waals surface area contributed by atoms with Crippen LogP contribution in [0.15, 0.2) is 72.9 Å². The Hall–Kier alpha value is -2.06. The van der Waals surface area contributed by atoms with Gasteiger partial charge in [-0.1, -0.05) is 138 Å². The molecule has 0 aliphatic heterocycles. The summed E-state index contributed by atoms with van der Waals surface area (Å²) < 4.78 is 22.0. The van der Waals surface area contributed by atoms with Gasteiger partial charge in [-0.05, 0) is 70.6 Å². The van der Waals surface area contributed by atoms with Crippen LogP contribution in [0, 0.1) is 0 Å². The van der Waals surface area contributed by atoms with Crippen LogP contribution in [-0.2, 0) is 18.4 Å². The quantitative estimate of drug-likeness (QED) is 0.0298. The van der Waals surface area contributed by atoms with E-state index >= 15 is 0 Å². The van der Waals surface area contributed by atoms with Gasteiger partial charge in [0.05, 0.1) is 25.4 Å². The fourth-order valence-corrected chi connectivity index (χ4v) is 5.66. The van der Waals surface area contributed by atoms with E-state index < -0.39 is 20.0 Å². The van der Waals surface area contributed by atoms with Gasteiger partial charge in [-0.25, -0.2) is 4.57 Å². The molecule has 0 heterocycles. The molecule has 5 N–H and O–H groups in total. The maximum Gasteiger partial charge on any atom is 0.472 e. The van der Waals surface area contributed by atoms with Crippen LogP contribution in [0.2, 0.25) is 0 Å². The van der Waals surface area contributed by atoms with E-state index in [2.05, 4.69) is 79.9 Å². The average molecular weight is 707 g/mol. The molecule has 0 rings (SSSR count). The van der Waals surface area contributed by atoms with E-state index in [0.29, 0.717) is 6.42 Å². The highest BCUT2D eigenvalue weighted by Crippen LogP contribution is 2.43. The van der Waals surface area contributed by atoms with Crippen LogP contribution in [-0.4, -0.2) is 47.8 Å². The van der Waals surface area contributed by atoms with Gasteiger partial charge in [0, 0.05) is 13.0 Å². The van der Waals surface area contributed by atoms with Crippen LogP contribution in [0.4, 0.5) is 0 Å². The van der Waals surface area contributed by atoms with Crippen molar-refractivity contribution >= 4 is 13.7 Å². The SMILES string of the molecule is CC/C=C\C/C=C\C/C=C\C/C=C\CCCCCCCCC(=O)NC(COP(=O)(O)OCCN)C(O)/C=C/CC/C=C/CCCCCCC. The van der Waals surface area contributed by atoms with E-state index in [1.807, 2.05) is 6.08 Å². The maximum atomic E-state index is 12.7. The van der Waals surface area contributed by atoms with Gasteiger partial charge in [0.15, 0.2) is 0 Å². The summed E-state index contributed by atoms with van der Waals surface area (Å²) in [4.78, 5) is 22.6. The predicted octanol–water partition coefficient (Wildman–Crippen LogP) is 10.1. The van der Waals surface area contributed by atoms with Crippen molar-refractivity contribution in [2.45, 2.75) is 154 Å². The minimum atomic E-state index is -4.35. The zero-order valence-electron chi connectivity index (χ0n) is 30.9. The summed E-state index contributed by atoms with van der Waals surface area (Å²) in [5, 5.41) is 13.5. The number of hydrogen-bond donors (Lipinski definition) is 4. The Morgan fingerprint density at radius 1 is 0.694 bits per heavy atom. The molecular formula is C40H71N2O6P. The van der Waals surface area contributed by atoms with Crippen LogP contribution in [0.25, 0.3) is 0 Å². The van der Waals surface area contributed by atoms with Crippen molar-refractivity contribution in [3.63, 3.8) is 0 Å². The average Bonchev–Trinajstić information content (AvgIpc) is 3.09. The van der Waals surface area contributed by atoms with E-state index in [1.54, 1.807) is 6.08 Å². The van der Waals surface area contributed by atoms with Crippen molar-refractivity contribution in [1.82, 2.24) is 5.32 Å². The third-order valence-corrected chi connectivity index (χ3v) is 8.75. The van der Waals surface area contributed by atoms with Crippen molar-refractivity contribution < 1.29 is 28.4 Å². The molecule has 0 aromatic carbocycles. The van der Waals surface area contributed by atoms with Crippen LogP contribution in [0.3, 0.4) is 0 Å². The monoisotopic (exact) mass is 707 g/mol. The standard InChI is InChI=1S/C40H71N2O6P/c1-3-5-7-9-11-13-15-16-17-18-19-20-21-22-24-26-28-30-32-34-40(44)42-38(37-48-49(45,46)47-36-35-41)39(43)33-31-29-27-25-23-14-12-10-8-6-4-2/h5,7,11,13,16-17,19-20,23,25,31,33,38-39,43H,3-4,6,8-10,12,14-15,18,21-22,24,26-30,32,34-37,41H2,1-2H3,(H,42,44)(H,45,46)/b7-5-,13-11-,17-16-,20-19-,25-23+,33-31+. The highest BCUT2D eigenvalue weighted by molar-refractivity contribution is 7.47. The van der Waals surface area contributed by atoms with Gasteiger partial charge < -0.3 is 21.1 Å². The summed E-state index contributed by atoms with van der Waals surface area (Å²) in [6.45, 7) is 3.93. The molecule has 3 unspecified atom stereocenters. The van der Waals surface area contributed by atoms with Crippen LogP contribution < -0.4 is 11.1 Å². The van der Waals surface area contributed by atoms with Crippen LogP contribution >= 0.6 is 7.82 Å². The first-order valence-corrected chi connectivity index (χ1v) is 20.6. The summed E-state index contributed by atoms with van der Waals surface area (Å²) in [5.74, 6) is -0.224. The van der Waals surface area contributed by atoms with Gasteiger partial charge in [0.25, 0.3) is 0 Å². The summed E-state index contributed by atoms with van der Waals surface area (Å²) in [6, 6.07) is -0.886. The molecule has 0 aromatic heterocycles. The third-order valence-electron chi connectivity index (χ3n) is 7.77. The molecule has 8 nitrogen and oxygen atoms in total. The molecule has 0 aliphatic carbocycles. The van der Waals surface area contributed by atoms with E-state index in [-0.39, 0.29) is 25.7 Å². The second-order valence-electron chi connectivity index (χ2n) is 12.4. The van der Waals surface area contributed by atoms with Crippen LogP contribution in [0.1, 0.15) is 142 Å². The minimum absolute atomic E-state index is 0.0675. The van der Waals surface area contributed by atoms with Gasteiger partial charge in [-0.3, -0.25) is 13.8 Å². The largest absolute Gasteiger partial charge is 0.472 e. The highest BCUT2D eigenvalue weighted by atomic mass is 31.2. The smallest absolute Gasteiger partial charge is 0.387 e. The fourth-order valence-electron chi connectivity index (χ4n) is 4.90. The predicted molar refractivity (Wildman–Crippen MR) is 207 cm³/mol. The summed E-state index contributed by atoms with van der Waals surface area (Å²) in [7, 11) is -4.35. The number of nitrogens with two attached hydrogens (primary N) is 1. The molecule has 0 aromatic rings. The maximum absolute atomic E-state index is 12.7. The number of nitrogens with one attached hydrogen (secondary N) is 1. The lowest BCUT2D eigenvalue weighted by molar-refractivity contribution is -0.123. The van der Waals surface area contributed by atoms with Gasteiger partial charge in [-0.2, -0.15) is 0 Å². The number of allylic oxidation sites excluding steroid dienone is 11. The number of amides is 1. The molecule has 282 valence electrons. The Labute approximate surface area is 299 Å². The molecule has 49 heavy (non-hydrogen) atoms. The first-order chi connectivity index (χ1) is 23.9. The number of carbonyl (C=O) groups is 1. The molecule has 0 radical (unpaired) electrons. The van der Waals surface area contributed by atoms with Gasteiger partial charge in [0.2, 0.25) is 5.91 Å². The Balaban J connectivity index is 4.34. The first kappa shape index (κ1) is 46.9. The molecule has 0 bridgehead atoms. The third kappa shape index (κ3) is 34.2. The topological polar surface area (TPSA) is 131 Å². The molecule has 0 aliphatic rings. The molecule has 0 saturated heterocycles. The molecule has 0 fully saturated rings. The van der Waals surface area contributed by atoms with Gasteiger partial charge >= 0.3 is 7.82 Å². The zero-order chi connectivity index (χ0) is 36.1. The number of carbonyl (C=O) groups excluding carboxylic acids is 1. The lowest BCUT2D eigenvalue weighted by Gasteiger charge is -2.23. The summed E-state index contributed by atoms with van der Waals surface area (Å²) in [6.07, 6.45) is 45.2. The second-order valence-corrected chi connectivity index (χ2v) is 13.8. The van der Waals surface area contributed by atoms with E-state index in [4.69, 9.17) is 14.8 Å². The first-order valence-electron chi connectivity index (χ1n) is 19.1. The van der Waals surface area contributed by atoms with E-state index in [0.717, 1.165) is 77.0 Å². The number of phosphoric acid groups is 1. The van der Waals surface area contributed by atoms with E-state index in [9.17, 15) is 19.4 Å². The Bertz CT molecular complexity index is 991. The number of aliphatic hydroxyl groups is 1. The number of unbranched alkanes of at least 4 members (excludes halogenated alkanes) is 12. The van der Waals surface area contributed by atoms with E-state index in [1.165, 1.54) is 44.9 Å². The van der Waals surface area contributed by atoms with Crippen molar-refractivity contribution in [2.75, 3.05) is 19.8 Å². The van der Waals surface area contributed by atoms with Crippen molar-refractivity contribution in [3.05, 3.63) is 72.9 Å². The number of aliphatic hydroxyl groups excluding tert-OH is 1. The second kappa shape index (κ2) is 35.8. The fraction of sp³-hybridized carbons (Fsp3) is 0.675. The normalized spacial score (nSPS) is 15.1. The lowest BCUT2D eigenvalue weighted by Crippen LogP contribution is -2.45. The van der Waals surface area contributed by atoms with Crippen molar-refractivity contribution in [3.8, 4) is 0 Å². The summed E-state index contributed by atoms with van der Waals surface area (Å²) in [5.41, 5.74) is 5.35. The number of hydrogen-bond acceptors (Lipinski definition) is 6. The molecule has 0 saturated carbocycles. The summed E-state index contributed by atoms with van der Waals surface area (Å²) >= 11 is 0.